The van der Waals surface area contributed by atoms with Gasteiger partial charge in [-0.2, -0.15) is 0 Å². The van der Waals surface area contributed by atoms with Crippen LogP contribution in [0.3, 0.4) is 0 Å². The number of rotatable bonds is 2. The van der Waals surface area contributed by atoms with Crippen molar-refractivity contribution in [3.63, 3.8) is 0 Å². The number of nitrogens with one attached hydrogen (secondary N) is 2. The molecule has 0 bridgehead atoms. The summed E-state index contributed by atoms with van der Waals surface area (Å²) in [5.41, 5.74) is 6.38. The molecule has 96 valence electrons. The molecule has 1 aromatic heterocycles. The normalized spacial score (nSPS) is 9.68. The number of aromatic nitrogens is 2. The van der Waals surface area contributed by atoms with Gasteiger partial charge in [0.2, 0.25) is 0 Å². The van der Waals surface area contributed by atoms with Gasteiger partial charge in [-0.3, -0.25) is 20.4 Å². The molecule has 7 heteroatoms. The van der Waals surface area contributed by atoms with Crippen LogP contribution in [0.15, 0.2) is 42.9 Å². The molecular weight excluding hydrogens is 246 g/mol. The molecule has 7 nitrogen and oxygen atoms in total. The van der Waals surface area contributed by atoms with Gasteiger partial charge in [0.25, 0.3) is 5.91 Å². The molecule has 2 aromatic rings. The second-order valence-corrected chi connectivity index (χ2v) is 3.62. The van der Waals surface area contributed by atoms with E-state index in [0.717, 1.165) is 0 Å². The van der Waals surface area contributed by atoms with E-state index < -0.39 is 11.9 Å². The van der Waals surface area contributed by atoms with Crippen LogP contribution >= 0.6 is 0 Å². The summed E-state index contributed by atoms with van der Waals surface area (Å²) in [5.74, 6) is -0.272. The van der Waals surface area contributed by atoms with Crippen LogP contribution in [-0.4, -0.2) is 21.9 Å². The SMILES string of the molecule is Nc1ccc(C(=O)NC(=O)Nc2cnccn2)cc1. The zero-order valence-corrected chi connectivity index (χ0v) is 9.83. The monoisotopic (exact) mass is 257 g/mol. The number of hydrogen-bond acceptors (Lipinski definition) is 5. The van der Waals surface area contributed by atoms with Gasteiger partial charge in [-0.1, -0.05) is 0 Å². The lowest BCUT2D eigenvalue weighted by Crippen LogP contribution is -2.34. The third-order valence-electron chi connectivity index (χ3n) is 2.20. The number of nitrogens with zero attached hydrogens (tertiary/aromatic N) is 2. The first-order valence-electron chi connectivity index (χ1n) is 5.39. The molecule has 2 rings (SSSR count). The Hall–Kier alpha value is -2.96. The van der Waals surface area contributed by atoms with Gasteiger partial charge in [0.05, 0.1) is 6.20 Å². The Morgan fingerprint density at radius 1 is 1.11 bits per heavy atom. The van der Waals surface area contributed by atoms with Crippen molar-refractivity contribution in [1.82, 2.24) is 15.3 Å². The first-order chi connectivity index (χ1) is 9.15. The lowest BCUT2D eigenvalue weighted by molar-refractivity contribution is 0.0967. The summed E-state index contributed by atoms with van der Waals surface area (Å²) in [4.78, 5) is 30.9. The highest BCUT2D eigenvalue weighted by Crippen LogP contribution is 2.05. The number of nitrogen functional groups attached to an aromatic ring is 1. The minimum atomic E-state index is -0.678. The molecule has 0 aliphatic rings. The van der Waals surface area contributed by atoms with E-state index in [4.69, 9.17) is 5.73 Å². The average molecular weight is 257 g/mol. The number of hydrogen-bond donors (Lipinski definition) is 3. The molecule has 0 fully saturated rings. The Balaban J connectivity index is 1.95. The fourth-order valence-electron chi connectivity index (χ4n) is 1.32. The lowest BCUT2D eigenvalue weighted by atomic mass is 10.2. The highest BCUT2D eigenvalue weighted by molar-refractivity contribution is 6.07. The Bertz CT molecular complexity index is 583. The number of carbonyl (C=O) groups is 2. The molecule has 19 heavy (non-hydrogen) atoms. The smallest absolute Gasteiger partial charge is 0.327 e. The maximum Gasteiger partial charge on any atom is 0.327 e. The summed E-state index contributed by atoms with van der Waals surface area (Å²) >= 11 is 0. The molecule has 0 spiro atoms. The van der Waals surface area contributed by atoms with Crippen LogP contribution in [0.1, 0.15) is 10.4 Å². The number of benzene rings is 1. The van der Waals surface area contributed by atoms with Crippen LogP contribution in [0.2, 0.25) is 0 Å². The number of imide groups is 1. The predicted octanol–water partition coefficient (Wildman–Crippen LogP) is 1.02. The van der Waals surface area contributed by atoms with Gasteiger partial charge >= 0.3 is 6.03 Å². The molecule has 0 saturated carbocycles. The van der Waals surface area contributed by atoms with E-state index in [0.29, 0.717) is 11.3 Å². The molecule has 0 atom stereocenters. The molecule has 0 saturated heterocycles. The Kier molecular flexibility index (Phi) is 3.67. The van der Waals surface area contributed by atoms with Crippen molar-refractivity contribution < 1.29 is 9.59 Å². The van der Waals surface area contributed by atoms with Gasteiger partial charge in [-0.05, 0) is 24.3 Å². The molecule has 1 heterocycles. The Labute approximate surface area is 108 Å². The van der Waals surface area contributed by atoms with Gasteiger partial charge in [-0.25, -0.2) is 9.78 Å². The number of carbonyl (C=O) groups excluding carboxylic acids is 2. The fourth-order valence-corrected chi connectivity index (χ4v) is 1.32. The van der Waals surface area contributed by atoms with Crippen LogP contribution in [-0.2, 0) is 0 Å². The standard InChI is InChI=1S/C12H11N5O2/c13-9-3-1-8(2-4-9)11(18)17-12(19)16-10-7-14-5-6-15-10/h1-7H,13H2,(H2,15,16,17,18,19). The highest BCUT2D eigenvalue weighted by Gasteiger charge is 2.10. The summed E-state index contributed by atoms with van der Waals surface area (Å²) in [7, 11) is 0. The summed E-state index contributed by atoms with van der Waals surface area (Å²) in [6.45, 7) is 0. The van der Waals surface area contributed by atoms with Crippen LogP contribution in [0.4, 0.5) is 16.3 Å². The minimum absolute atomic E-state index is 0.255. The summed E-state index contributed by atoms with van der Waals surface area (Å²) in [6.07, 6.45) is 4.27. The van der Waals surface area contributed by atoms with Crippen molar-refractivity contribution in [3.05, 3.63) is 48.4 Å². The molecule has 3 amide bonds. The lowest BCUT2D eigenvalue weighted by Gasteiger charge is -2.05. The predicted molar refractivity (Wildman–Crippen MR) is 69.4 cm³/mol. The van der Waals surface area contributed by atoms with Gasteiger partial charge in [-0.15, -0.1) is 0 Å². The third-order valence-corrected chi connectivity index (χ3v) is 2.20. The molecular formula is C12H11N5O2. The summed E-state index contributed by atoms with van der Waals surface area (Å²) in [5, 5.41) is 4.55. The zero-order valence-electron chi connectivity index (χ0n) is 9.83. The second kappa shape index (κ2) is 5.58. The number of amides is 3. The van der Waals surface area contributed by atoms with Gasteiger partial charge in [0, 0.05) is 23.6 Å². The second-order valence-electron chi connectivity index (χ2n) is 3.62. The van der Waals surface area contributed by atoms with E-state index in [1.165, 1.54) is 30.7 Å². The highest BCUT2D eigenvalue weighted by atomic mass is 16.2. The van der Waals surface area contributed by atoms with Crippen LogP contribution in [0.5, 0.6) is 0 Å². The van der Waals surface area contributed by atoms with Crippen molar-refractivity contribution in [2.24, 2.45) is 0 Å². The van der Waals surface area contributed by atoms with Crippen LogP contribution in [0.25, 0.3) is 0 Å². The Morgan fingerprint density at radius 3 is 2.47 bits per heavy atom. The first kappa shape index (κ1) is 12.5. The molecule has 0 aliphatic heterocycles. The van der Waals surface area contributed by atoms with Gasteiger partial charge in [0.15, 0.2) is 5.82 Å². The Morgan fingerprint density at radius 2 is 1.84 bits per heavy atom. The van der Waals surface area contributed by atoms with Crippen LogP contribution < -0.4 is 16.4 Å². The maximum absolute atomic E-state index is 11.7. The van der Waals surface area contributed by atoms with E-state index >= 15 is 0 Å². The average Bonchev–Trinajstić information content (AvgIpc) is 2.40. The number of nitrogens with two attached hydrogens (primary N) is 1. The molecule has 0 unspecified atom stereocenters. The summed E-state index contributed by atoms with van der Waals surface area (Å²) < 4.78 is 0. The first-order valence-corrected chi connectivity index (χ1v) is 5.39. The fraction of sp³-hybridized carbons (Fsp3) is 0. The molecule has 0 radical (unpaired) electrons. The quantitative estimate of drug-likeness (QED) is 0.696. The van der Waals surface area contributed by atoms with Crippen molar-refractivity contribution in [2.45, 2.75) is 0 Å². The van der Waals surface area contributed by atoms with E-state index in [1.807, 2.05) is 0 Å². The largest absolute Gasteiger partial charge is 0.399 e. The van der Waals surface area contributed by atoms with Gasteiger partial charge in [0.1, 0.15) is 0 Å². The zero-order chi connectivity index (χ0) is 13.7. The van der Waals surface area contributed by atoms with E-state index in [9.17, 15) is 9.59 Å². The van der Waals surface area contributed by atoms with E-state index in [2.05, 4.69) is 20.6 Å². The number of urea groups is 1. The third kappa shape index (κ3) is 3.50. The molecule has 4 N–H and O–H groups in total. The van der Waals surface area contributed by atoms with Crippen molar-refractivity contribution >= 4 is 23.4 Å². The van der Waals surface area contributed by atoms with Crippen molar-refractivity contribution in [1.29, 1.82) is 0 Å². The summed E-state index contributed by atoms with van der Waals surface area (Å²) in [6, 6.07) is 5.54. The van der Waals surface area contributed by atoms with E-state index in [-0.39, 0.29) is 5.82 Å². The topological polar surface area (TPSA) is 110 Å². The van der Waals surface area contributed by atoms with Crippen LogP contribution in [0, 0.1) is 0 Å². The maximum atomic E-state index is 11.7. The van der Waals surface area contributed by atoms with Crippen molar-refractivity contribution in [2.75, 3.05) is 11.1 Å². The number of anilines is 2. The van der Waals surface area contributed by atoms with Gasteiger partial charge < -0.3 is 5.73 Å². The minimum Gasteiger partial charge on any atom is -0.399 e. The van der Waals surface area contributed by atoms with E-state index in [1.54, 1.807) is 12.1 Å². The van der Waals surface area contributed by atoms with Crippen molar-refractivity contribution in [3.8, 4) is 0 Å². The molecule has 0 aliphatic carbocycles. The molecule has 1 aromatic carbocycles.